The van der Waals surface area contributed by atoms with Crippen molar-refractivity contribution in [3.63, 3.8) is 0 Å². The normalized spacial score (nSPS) is 12.6. The van der Waals surface area contributed by atoms with Gasteiger partial charge in [-0.2, -0.15) is 13.2 Å². The average Bonchev–Trinajstić information content (AvgIpc) is 2.88. The van der Waals surface area contributed by atoms with Crippen molar-refractivity contribution >= 4 is 21.7 Å². The molecule has 0 bridgehead atoms. The zero-order chi connectivity index (χ0) is 29.1. The monoisotopic (exact) mass is 577 g/mol. The molecule has 2 aromatic heterocycles. The third kappa shape index (κ3) is 6.34. The van der Waals surface area contributed by atoms with E-state index in [1.807, 2.05) is 0 Å². The minimum atomic E-state index is -5.01. The van der Waals surface area contributed by atoms with Gasteiger partial charge in [-0.1, -0.05) is 0 Å². The number of amides is 1. The highest BCUT2D eigenvalue weighted by atomic mass is 32.2. The van der Waals surface area contributed by atoms with Gasteiger partial charge in [-0.15, -0.1) is 0 Å². The van der Waals surface area contributed by atoms with E-state index in [0.29, 0.717) is 30.5 Å². The Morgan fingerprint density at radius 2 is 1.72 bits per heavy atom. The van der Waals surface area contributed by atoms with Crippen LogP contribution in [-0.2, 0) is 25.5 Å². The van der Waals surface area contributed by atoms with E-state index in [0.717, 1.165) is 12.3 Å². The van der Waals surface area contributed by atoms with Crippen LogP contribution in [0.15, 0.2) is 47.6 Å². The fourth-order valence-electron chi connectivity index (χ4n) is 3.40. The summed E-state index contributed by atoms with van der Waals surface area (Å²) in [4.78, 5) is 29.2. The molecule has 2 heterocycles. The molecule has 39 heavy (non-hydrogen) atoms. The lowest BCUT2D eigenvalue weighted by molar-refractivity contribution is -0.147. The Bertz CT molecular complexity index is 1510. The fourth-order valence-corrected chi connectivity index (χ4v) is 5.23. The Kier molecular flexibility index (Phi) is 8.60. The van der Waals surface area contributed by atoms with Crippen LogP contribution < -0.4 is 5.32 Å². The number of halogens is 6. The summed E-state index contributed by atoms with van der Waals surface area (Å²) in [6, 6.07) is 2.79. The number of aromatic nitrogens is 2. The number of carbonyl (C=O) groups is 2. The Morgan fingerprint density at radius 1 is 1.05 bits per heavy atom. The highest BCUT2D eigenvalue weighted by Gasteiger charge is 2.39. The lowest BCUT2D eigenvalue weighted by Gasteiger charge is -2.22. The largest absolute Gasteiger partial charge is 0.443 e. The van der Waals surface area contributed by atoms with E-state index in [4.69, 9.17) is 5.11 Å². The zero-order valence-electron chi connectivity index (χ0n) is 19.6. The molecule has 2 N–H and O–H groups in total. The molecule has 0 aliphatic rings. The molecular formula is C23H17F6N3O6S. The van der Waals surface area contributed by atoms with Crippen molar-refractivity contribution in [3.8, 4) is 0 Å². The number of rotatable bonds is 8. The maximum absolute atomic E-state index is 14.9. The van der Waals surface area contributed by atoms with Gasteiger partial charge in [-0.05, 0) is 48.4 Å². The van der Waals surface area contributed by atoms with Gasteiger partial charge in [0.25, 0.3) is 5.91 Å². The number of esters is 1. The third-order valence-corrected chi connectivity index (χ3v) is 7.28. The van der Waals surface area contributed by atoms with Gasteiger partial charge in [-0.3, -0.25) is 14.8 Å². The SMILES string of the molecule is Cc1cc(C(=O)NCOC(=O)CO)ncc1C(c1c(F)ccc(F)c1F)S(=O)(=O)c1ccc(C(F)(F)F)nc1. The van der Waals surface area contributed by atoms with Crippen LogP contribution in [0.25, 0.3) is 0 Å². The number of aryl methyl sites for hydroxylation is 1. The number of alkyl halides is 3. The first-order valence-corrected chi connectivity index (χ1v) is 12.1. The van der Waals surface area contributed by atoms with Crippen LogP contribution in [0.1, 0.15) is 38.1 Å². The van der Waals surface area contributed by atoms with Gasteiger partial charge >= 0.3 is 12.1 Å². The zero-order valence-corrected chi connectivity index (χ0v) is 20.4. The van der Waals surface area contributed by atoms with Gasteiger partial charge in [0.15, 0.2) is 28.2 Å². The summed E-state index contributed by atoms with van der Waals surface area (Å²) in [5, 5.41) is 8.37. The van der Waals surface area contributed by atoms with Crippen molar-refractivity contribution in [1.29, 1.82) is 0 Å². The van der Waals surface area contributed by atoms with Crippen molar-refractivity contribution < 1.29 is 54.2 Å². The molecule has 0 spiro atoms. The lowest BCUT2D eigenvalue weighted by atomic mass is 10.00. The van der Waals surface area contributed by atoms with E-state index in [2.05, 4.69) is 20.0 Å². The smallest absolute Gasteiger partial charge is 0.433 e. The lowest BCUT2D eigenvalue weighted by Crippen LogP contribution is -2.29. The Morgan fingerprint density at radius 3 is 2.28 bits per heavy atom. The van der Waals surface area contributed by atoms with Crippen LogP contribution in [0.3, 0.4) is 0 Å². The minimum absolute atomic E-state index is 0.0842. The molecule has 1 amide bonds. The molecule has 0 fully saturated rings. The summed E-state index contributed by atoms with van der Waals surface area (Å²) in [7, 11) is -5.01. The van der Waals surface area contributed by atoms with Gasteiger partial charge in [0, 0.05) is 18.0 Å². The van der Waals surface area contributed by atoms with Crippen LogP contribution in [0.5, 0.6) is 0 Å². The van der Waals surface area contributed by atoms with Crippen molar-refractivity contribution in [3.05, 3.63) is 88.3 Å². The molecule has 0 aliphatic carbocycles. The van der Waals surface area contributed by atoms with Crippen molar-refractivity contribution in [1.82, 2.24) is 15.3 Å². The first-order valence-electron chi connectivity index (χ1n) is 10.6. The molecule has 0 saturated heterocycles. The highest BCUT2D eigenvalue weighted by Crippen LogP contribution is 2.40. The average molecular weight is 577 g/mol. The number of hydrogen-bond donors (Lipinski definition) is 2. The summed E-state index contributed by atoms with van der Waals surface area (Å²) < 4.78 is 114. The maximum Gasteiger partial charge on any atom is 0.433 e. The number of sulfone groups is 1. The van der Waals surface area contributed by atoms with E-state index < -0.39 is 85.6 Å². The molecule has 1 aromatic carbocycles. The first kappa shape index (κ1) is 29.5. The number of aliphatic hydroxyl groups is 1. The summed E-state index contributed by atoms with van der Waals surface area (Å²) in [6.45, 7) is -0.361. The molecule has 3 aromatic rings. The number of ether oxygens (including phenoxy) is 1. The summed E-state index contributed by atoms with van der Waals surface area (Å²) in [5.74, 6) is -6.91. The number of nitrogens with zero attached hydrogens (tertiary/aromatic N) is 2. The van der Waals surface area contributed by atoms with E-state index >= 15 is 0 Å². The van der Waals surface area contributed by atoms with Gasteiger partial charge in [0.05, 0.1) is 4.90 Å². The van der Waals surface area contributed by atoms with Crippen molar-refractivity contribution in [2.75, 3.05) is 13.3 Å². The van der Waals surface area contributed by atoms with Crippen LogP contribution in [0, 0.1) is 24.4 Å². The second-order valence-corrected chi connectivity index (χ2v) is 9.84. The van der Waals surface area contributed by atoms with E-state index in [1.54, 1.807) is 0 Å². The predicted octanol–water partition coefficient (Wildman–Crippen LogP) is 3.01. The molecule has 9 nitrogen and oxygen atoms in total. The fraction of sp³-hybridized carbons (Fsp3) is 0.217. The number of aliphatic hydroxyl groups excluding tert-OH is 1. The van der Waals surface area contributed by atoms with Crippen LogP contribution in [0.2, 0.25) is 0 Å². The number of pyridine rings is 2. The van der Waals surface area contributed by atoms with Crippen molar-refractivity contribution in [2.45, 2.75) is 23.2 Å². The summed E-state index contributed by atoms with van der Waals surface area (Å²) in [5.41, 5.74) is -3.57. The molecule has 1 atom stereocenters. The Hall–Kier alpha value is -4.05. The van der Waals surface area contributed by atoms with Crippen molar-refractivity contribution in [2.24, 2.45) is 0 Å². The second kappa shape index (κ2) is 11.4. The summed E-state index contributed by atoms with van der Waals surface area (Å²) >= 11 is 0. The Labute approximate surface area is 216 Å². The maximum atomic E-state index is 14.9. The Balaban J connectivity index is 2.12. The minimum Gasteiger partial charge on any atom is -0.443 e. The second-order valence-electron chi connectivity index (χ2n) is 7.81. The number of carbonyl (C=O) groups excluding carboxylic acids is 2. The van der Waals surface area contributed by atoms with E-state index in [1.165, 1.54) is 6.92 Å². The van der Waals surface area contributed by atoms with Gasteiger partial charge in [0.2, 0.25) is 0 Å². The molecule has 0 radical (unpaired) electrons. The first-order chi connectivity index (χ1) is 18.2. The number of hydrogen-bond acceptors (Lipinski definition) is 8. The van der Waals surface area contributed by atoms with Gasteiger partial charge < -0.3 is 15.2 Å². The molecular weight excluding hydrogens is 560 g/mol. The molecule has 3 rings (SSSR count). The van der Waals surface area contributed by atoms with Crippen LogP contribution in [-0.4, -0.2) is 48.7 Å². The topological polar surface area (TPSA) is 136 Å². The van der Waals surface area contributed by atoms with E-state index in [-0.39, 0.29) is 11.3 Å². The molecule has 0 aliphatic heterocycles. The highest BCUT2D eigenvalue weighted by molar-refractivity contribution is 7.91. The molecule has 0 saturated carbocycles. The van der Waals surface area contributed by atoms with Gasteiger partial charge in [0.1, 0.15) is 29.1 Å². The molecule has 1 unspecified atom stereocenters. The number of benzene rings is 1. The van der Waals surface area contributed by atoms with Crippen LogP contribution >= 0.6 is 0 Å². The standard InChI is InChI=1S/C23H17F6N3O6S/c1-11-6-16(22(35)32-10-38-18(34)9-33)30-8-13(11)21(19-14(24)3-4-15(25)20(19)26)39(36,37)12-2-5-17(31-7-12)23(27,28)29/h2-8,21,33H,9-10H2,1H3,(H,32,35). The predicted molar refractivity (Wildman–Crippen MR) is 119 cm³/mol. The van der Waals surface area contributed by atoms with Crippen LogP contribution in [0.4, 0.5) is 26.3 Å². The number of nitrogens with one attached hydrogen (secondary N) is 1. The summed E-state index contributed by atoms with van der Waals surface area (Å²) in [6.07, 6.45) is -3.79. The molecule has 208 valence electrons. The molecule has 16 heteroatoms. The third-order valence-electron chi connectivity index (χ3n) is 5.27. The van der Waals surface area contributed by atoms with Gasteiger partial charge in [-0.25, -0.2) is 26.4 Å². The van der Waals surface area contributed by atoms with E-state index in [9.17, 15) is 44.3 Å². The quantitative estimate of drug-likeness (QED) is 0.181.